The molecule has 2 bridgehead atoms. The summed E-state index contributed by atoms with van der Waals surface area (Å²) >= 11 is 6.19. The highest BCUT2D eigenvalue weighted by molar-refractivity contribution is 6.31. The zero-order chi connectivity index (χ0) is 26.7. The van der Waals surface area contributed by atoms with Crippen LogP contribution in [-0.2, 0) is 24.4 Å². The van der Waals surface area contributed by atoms with E-state index in [1.807, 2.05) is 29.1 Å². The minimum absolute atomic E-state index is 0.0555. The molecule has 0 radical (unpaired) electrons. The van der Waals surface area contributed by atoms with Gasteiger partial charge in [0.15, 0.2) is 5.69 Å². The fourth-order valence-electron chi connectivity index (χ4n) is 5.21. The number of carbonyl (C=O) groups excluding carboxylic acids is 1. The molecule has 1 aromatic carbocycles. The molecule has 3 aromatic rings. The Morgan fingerprint density at radius 3 is 2.73 bits per heavy atom. The lowest BCUT2D eigenvalue weighted by atomic mass is 9.70. The molecule has 0 saturated heterocycles. The molecule has 2 aliphatic rings. The number of carboxylic acids is 1. The molecule has 0 amide bonds. The molecule has 12 heteroatoms. The minimum atomic E-state index is -5.19. The Labute approximate surface area is 215 Å². The topological polar surface area (TPSA) is 131 Å². The molecule has 0 spiro atoms. The average molecular weight is 538 g/mol. The van der Waals surface area contributed by atoms with E-state index in [0.29, 0.717) is 17.5 Å². The fraction of sp³-hybridized carbons (Fsp3) is 0.440. The monoisotopic (exact) mass is 537 g/mol. The smallest absolute Gasteiger partial charge is 0.430 e. The highest BCUT2D eigenvalue weighted by Crippen LogP contribution is 2.46. The van der Waals surface area contributed by atoms with Gasteiger partial charge in [-0.25, -0.2) is 4.98 Å². The van der Waals surface area contributed by atoms with Crippen molar-refractivity contribution in [2.24, 2.45) is 5.92 Å². The summed E-state index contributed by atoms with van der Waals surface area (Å²) in [6.45, 7) is 0.784. The van der Waals surface area contributed by atoms with E-state index in [4.69, 9.17) is 32.3 Å². The van der Waals surface area contributed by atoms with Gasteiger partial charge in [0.1, 0.15) is 11.7 Å². The Morgan fingerprint density at radius 1 is 1.30 bits per heavy atom. The number of allylic oxidation sites excluding steroid dienone is 2. The van der Waals surface area contributed by atoms with Crippen LogP contribution in [0.15, 0.2) is 36.0 Å². The fourth-order valence-corrected chi connectivity index (χ4v) is 5.38. The van der Waals surface area contributed by atoms with E-state index in [9.17, 15) is 13.2 Å². The molecule has 2 atom stereocenters. The van der Waals surface area contributed by atoms with Crippen LogP contribution in [0.5, 0.6) is 0 Å². The molecule has 0 fully saturated rings. The first-order chi connectivity index (χ1) is 17.5. The van der Waals surface area contributed by atoms with Gasteiger partial charge in [0, 0.05) is 29.6 Å². The molecule has 8 nitrogen and oxygen atoms in total. The van der Waals surface area contributed by atoms with Gasteiger partial charge >= 0.3 is 6.18 Å². The van der Waals surface area contributed by atoms with Crippen LogP contribution in [0.2, 0.25) is 5.02 Å². The van der Waals surface area contributed by atoms with Crippen molar-refractivity contribution in [2.45, 2.75) is 63.8 Å². The third kappa shape index (κ3) is 6.40. The summed E-state index contributed by atoms with van der Waals surface area (Å²) in [5.74, 6) is -1.93. The molecule has 4 N–H and O–H groups in total. The number of unbranched alkanes of at least 4 members (excludes halogenated alkanes) is 1. The highest BCUT2D eigenvalue weighted by Gasteiger charge is 2.36. The van der Waals surface area contributed by atoms with Gasteiger partial charge in [0.05, 0.1) is 23.9 Å². The Kier molecular flexibility index (Phi) is 8.03. The number of H-pyrrole nitrogens is 1. The van der Waals surface area contributed by atoms with Crippen LogP contribution in [0.25, 0.3) is 10.9 Å². The van der Waals surface area contributed by atoms with Gasteiger partial charge in [0.2, 0.25) is 5.52 Å². The second-order valence-corrected chi connectivity index (χ2v) is 9.86. The number of aryl methyl sites for hydroxylation is 1. The lowest BCUT2D eigenvalue weighted by Gasteiger charge is -2.34. The van der Waals surface area contributed by atoms with Crippen LogP contribution in [0.1, 0.15) is 55.0 Å². The number of benzene rings is 1. The summed E-state index contributed by atoms with van der Waals surface area (Å²) in [7, 11) is 0. The Bertz CT molecular complexity index is 1320. The predicted molar refractivity (Wildman–Crippen MR) is 128 cm³/mol. The van der Waals surface area contributed by atoms with Gasteiger partial charge in [-0.05, 0) is 56.1 Å². The van der Waals surface area contributed by atoms with Gasteiger partial charge in [-0.15, -0.1) is 5.10 Å². The van der Waals surface area contributed by atoms with Crippen LogP contribution in [0.4, 0.5) is 18.9 Å². The maximum atomic E-state index is 10.5. The van der Waals surface area contributed by atoms with E-state index in [1.165, 1.54) is 17.7 Å². The van der Waals surface area contributed by atoms with Gasteiger partial charge < -0.3 is 20.7 Å². The average Bonchev–Trinajstić information content (AvgIpc) is 3.29. The number of carbonyl (C=O) groups is 1. The maximum Gasteiger partial charge on any atom is 0.430 e. The van der Waals surface area contributed by atoms with E-state index in [2.05, 4.69) is 21.4 Å². The second kappa shape index (κ2) is 11.1. The maximum absolute atomic E-state index is 10.5. The van der Waals surface area contributed by atoms with Crippen LogP contribution < -0.4 is 15.8 Å². The van der Waals surface area contributed by atoms with Crippen molar-refractivity contribution in [3.05, 3.63) is 58.0 Å². The van der Waals surface area contributed by atoms with Crippen molar-refractivity contribution in [1.29, 1.82) is 0 Å². The zero-order valence-corrected chi connectivity index (χ0v) is 20.6. The van der Waals surface area contributed by atoms with Gasteiger partial charge in [0.25, 0.3) is 0 Å². The first-order valence-corrected chi connectivity index (χ1v) is 12.3. The van der Waals surface area contributed by atoms with E-state index in [0.717, 1.165) is 60.3 Å². The van der Waals surface area contributed by atoms with E-state index >= 15 is 0 Å². The first-order valence-electron chi connectivity index (χ1n) is 12.0. The number of anilines is 1. The van der Waals surface area contributed by atoms with Crippen LogP contribution in [0, 0.1) is 5.92 Å². The normalized spacial score (nSPS) is 18.6. The number of pyridine rings is 1. The summed E-state index contributed by atoms with van der Waals surface area (Å²) in [5, 5.41) is 27.7. The third-order valence-corrected chi connectivity index (χ3v) is 6.96. The van der Waals surface area contributed by atoms with Crippen molar-refractivity contribution in [1.82, 2.24) is 15.0 Å². The van der Waals surface area contributed by atoms with Crippen LogP contribution in [0.3, 0.4) is 0 Å². The number of aromatic amines is 1. The number of aliphatic hydroxyl groups is 1. The zero-order valence-electron chi connectivity index (χ0n) is 19.9. The standard InChI is InChI=1S/C23H26ClN5O.C2HF3O2/c24-17-4-5-19-20(11-17)26-21-10-15-7-14(8-16(9-15)22(21)23(19)25)3-1-2-6-29-12-18(13-30)27-28-29;3-2(4,5)1(6)7/h4-5,7,11-12,15-16,30H,1-3,6,8-10,13H2,(H2,25,26);(H,6,7). The second-order valence-electron chi connectivity index (χ2n) is 9.42. The van der Waals surface area contributed by atoms with Gasteiger partial charge in [-0.1, -0.05) is 28.5 Å². The first kappa shape index (κ1) is 26.9. The number of nitrogens with one attached hydrogen (secondary N) is 1. The number of aliphatic hydroxyl groups excluding tert-OH is 1. The Hall–Kier alpha value is -3.18. The van der Waals surface area contributed by atoms with Gasteiger partial charge in [-0.3, -0.25) is 4.68 Å². The number of rotatable bonds is 6. The number of nitrogens with zero attached hydrogens (tertiary/aromatic N) is 3. The largest absolute Gasteiger partial charge is 0.542 e. The molecular weight excluding hydrogens is 511 g/mol. The summed E-state index contributed by atoms with van der Waals surface area (Å²) in [6, 6.07) is 5.91. The number of hydrogen-bond acceptors (Lipinski definition) is 6. The third-order valence-electron chi connectivity index (χ3n) is 6.73. The predicted octanol–water partition coefficient (Wildman–Crippen LogP) is 3.12. The molecular formula is C25H27ClF3N5O3. The molecule has 2 heterocycles. The quantitative estimate of drug-likeness (QED) is 0.367. The SMILES string of the molecule is Nc1c2c([nH+]c3cc(Cl)ccc13)CC1C=C(CCCCn3cc(CO)nn3)CC2C1.O=C([O-])C(F)(F)F. The molecule has 2 aliphatic carbocycles. The molecule has 2 aromatic heterocycles. The summed E-state index contributed by atoms with van der Waals surface area (Å²) < 4.78 is 33.4. The van der Waals surface area contributed by atoms with Crippen LogP contribution >= 0.6 is 11.6 Å². The van der Waals surface area contributed by atoms with Crippen LogP contribution in [-0.4, -0.2) is 32.2 Å². The lowest BCUT2D eigenvalue weighted by Crippen LogP contribution is -2.37. The molecule has 0 aliphatic heterocycles. The Morgan fingerprint density at radius 2 is 2.05 bits per heavy atom. The number of fused-ring (bicyclic) bond motifs is 5. The number of hydrogen-bond donors (Lipinski definition) is 2. The molecule has 5 rings (SSSR count). The number of halogens is 4. The Balaban J connectivity index is 0.000000405. The molecule has 198 valence electrons. The minimum Gasteiger partial charge on any atom is -0.542 e. The van der Waals surface area contributed by atoms with Crippen molar-refractivity contribution in [3.8, 4) is 0 Å². The number of nitrogen functional groups attached to an aromatic ring is 1. The van der Waals surface area contributed by atoms with Crippen molar-refractivity contribution >= 4 is 34.2 Å². The summed E-state index contributed by atoms with van der Waals surface area (Å²) in [6.07, 6.45) is 5.74. The number of carboxylic acid groups (broad SMARTS) is 1. The summed E-state index contributed by atoms with van der Waals surface area (Å²) in [5.41, 5.74) is 13.4. The van der Waals surface area contributed by atoms with Crippen molar-refractivity contribution in [3.63, 3.8) is 0 Å². The van der Waals surface area contributed by atoms with E-state index in [1.54, 1.807) is 5.57 Å². The molecule has 0 saturated carbocycles. The summed E-state index contributed by atoms with van der Waals surface area (Å²) in [4.78, 5) is 12.4. The number of alkyl halides is 3. The molecule has 2 unspecified atom stereocenters. The number of aliphatic carboxylic acids is 1. The van der Waals surface area contributed by atoms with E-state index < -0.39 is 12.1 Å². The van der Waals surface area contributed by atoms with Crippen molar-refractivity contribution < 1.29 is 33.2 Å². The number of aromatic nitrogens is 4. The van der Waals surface area contributed by atoms with Gasteiger partial charge in [-0.2, -0.15) is 13.2 Å². The number of nitrogens with two attached hydrogens (primary N) is 1. The van der Waals surface area contributed by atoms with E-state index in [-0.39, 0.29) is 6.61 Å². The highest BCUT2D eigenvalue weighted by atomic mass is 35.5. The van der Waals surface area contributed by atoms with Crippen molar-refractivity contribution in [2.75, 3.05) is 5.73 Å². The molecule has 37 heavy (non-hydrogen) atoms. The lowest BCUT2D eigenvalue weighted by molar-refractivity contribution is -0.360.